The predicted molar refractivity (Wildman–Crippen MR) is 90.7 cm³/mol. The third-order valence-electron chi connectivity index (χ3n) is 3.10. The van der Waals surface area contributed by atoms with Gasteiger partial charge in [-0.15, -0.1) is 0 Å². The van der Waals surface area contributed by atoms with E-state index >= 15 is 0 Å². The highest BCUT2D eigenvalue weighted by atomic mass is 32.2. The number of aryl methyl sites for hydroxylation is 1. The molecule has 0 spiro atoms. The average Bonchev–Trinajstić information content (AvgIpc) is 2.48. The maximum Gasteiger partial charge on any atom is 0.271 e. The highest BCUT2D eigenvalue weighted by molar-refractivity contribution is 7.92. The minimum atomic E-state index is -3.41. The number of sulfonamides is 1. The van der Waals surface area contributed by atoms with Crippen LogP contribution in [0.25, 0.3) is 0 Å². The van der Waals surface area contributed by atoms with E-state index in [0.717, 1.165) is 6.26 Å². The van der Waals surface area contributed by atoms with Crippen LogP contribution in [0.2, 0.25) is 0 Å². The molecule has 0 aliphatic rings. The van der Waals surface area contributed by atoms with Gasteiger partial charge in [0.15, 0.2) is 0 Å². The third kappa shape index (κ3) is 4.53. The number of benzene rings is 2. The van der Waals surface area contributed by atoms with Crippen molar-refractivity contribution < 1.29 is 18.1 Å². The molecule has 8 nitrogen and oxygen atoms in total. The van der Waals surface area contributed by atoms with Crippen LogP contribution >= 0.6 is 0 Å². The summed E-state index contributed by atoms with van der Waals surface area (Å²) in [7, 11) is -3.41. The van der Waals surface area contributed by atoms with Gasteiger partial charge in [-0.05, 0) is 36.8 Å². The zero-order chi connectivity index (χ0) is 17.9. The molecule has 0 aliphatic heterocycles. The van der Waals surface area contributed by atoms with E-state index in [4.69, 9.17) is 0 Å². The number of non-ortho nitro benzene ring substituents is 1. The normalized spacial score (nSPS) is 10.9. The van der Waals surface area contributed by atoms with E-state index < -0.39 is 20.9 Å². The van der Waals surface area contributed by atoms with Gasteiger partial charge in [0, 0.05) is 23.4 Å². The van der Waals surface area contributed by atoms with Crippen molar-refractivity contribution in [2.45, 2.75) is 6.92 Å². The van der Waals surface area contributed by atoms with Gasteiger partial charge in [0.25, 0.3) is 11.6 Å². The molecular weight excluding hydrogens is 334 g/mol. The Bertz CT molecular complexity index is 909. The summed E-state index contributed by atoms with van der Waals surface area (Å²) in [6.07, 6.45) is 1.04. The molecule has 24 heavy (non-hydrogen) atoms. The molecule has 0 fully saturated rings. The first-order valence-corrected chi connectivity index (χ1v) is 8.69. The molecular formula is C15H15N3O5S. The Hall–Kier alpha value is -2.94. The van der Waals surface area contributed by atoms with Gasteiger partial charge in [0.05, 0.1) is 16.9 Å². The number of hydrogen-bond donors (Lipinski definition) is 2. The van der Waals surface area contributed by atoms with Crippen LogP contribution in [0.4, 0.5) is 17.1 Å². The lowest BCUT2D eigenvalue weighted by Gasteiger charge is -2.10. The van der Waals surface area contributed by atoms with Gasteiger partial charge in [-0.1, -0.05) is 6.07 Å². The maximum atomic E-state index is 12.2. The second kappa shape index (κ2) is 6.67. The molecule has 0 bridgehead atoms. The van der Waals surface area contributed by atoms with Crippen LogP contribution in [0.5, 0.6) is 0 Å². The molecule has 2 aromatic carbocycles. The fraction of sp³-hybridized carbons (Fsp3) is 0.133. The predicted octanol–water partition coefficient (Wildman–Crippen LogP) is 2.53. The van der Waals surface area contributed by atoms with E-state index in [1.54, 1.807) is 6.92 Å². The van der Waals surface area contributed by atoms with Gasteiger partial charge in [-0.3, -0.25) is 19.6 Å². The standard InChI is InChI=1S/C15H15N3O5S/c1-10-8-11(6-7-14(10)17-24(2,22)23)15(19)16-12-4-3-5-13(9-12)18(20)21/h3-9,17H,1-2H3,(H,16,19). The summed E-state index contributed by atoms with van der Waals surface area (Å²) in [6.45, 7) is 1.66. The summed E-state index contributed by atoms with van der Waals surface area (Å²) >= 11 is 0. The van der Waals surface area contributed by atoms with Crippen LogP contribution in [0.15, 0.2) is 42.5 Å². The van der Waals surface area contributed by atoms with E-state index in [2.05, 4.69) is 10.0 Å². The van der Waals surface area contributed by atoms with Gasteiger partial charge >= 0.3 is 0 Å². The lowest BCUT2D eigenvalue weighted by atomic mass is 10.1. The second-order valence-electron chi connectivity index (χ2n) is 5.17. The molecule has 2 N–H and O–H groups in total. The number of rotatable bonds is 5. The number of nitrogens with one attached hydrogen (secondary N) is 2. The first kappa shape index (κ1) is 17.4. The molecule has 1 amide bonds. The topological polar surface area (TPSA) is 118 Å². The van der Waals surface area contributed by atoms with E-state index in [1.165, 1.54) is 42.5 Å². The molecule has 9 heteroatoms. The first-order chi connectivity index (χ1) is 11.2. The van der Waals surface area contributed by atoms with Crippen molar-refractivity contribution in [1.82, 2.24) is 0 Å². The molecule has 126 valence electrons. The first-order valence-electron chi connectivity index (χ1n) is 6.80. The number of carbonyl (C=O) groups excluding carboxylic acids is 1. The van der Waals surface area contributed by atoms with E-state index in [0.29, 0.717) is 22.5 Å². The second-order valence-corrected chi connectivity index (χ2v) is 6.91. The van der Waals surface area contributed by atoms with Crippen LogP contribution in [0, 0.1) is 17.0 Å². The van der Waals surface area contributed by atoms with Gasteiger partial charge in [0.2, 0.25) is 10.0 Å². The summed E-state index contributed by atoms with van der Waals surface area (Å²) in [5.74, 6) is -0.454. The number of nitro groups is 1. The Morgan fingerprint density at radius 3 is 2.46 bits per heavy atom. The Morgan fingerprint density at radius 2 is 1.88 bits per heavy atom. The number of nitrogens with zero attached hydrogens (tertiary/aromatic N) is 1. The Labute approximate surface area is 138 Å². The van der Waals surface area contributed by atoms with Crippen molar-refractivity contribution >= 4 is 33.0 Å². The Morgan fingerprint density at radius 1 is 1.17 bits per heavy atom. The third-order valence-corrected chi connectivity index (χ3v) is 3.69. The fourth-order valence-electron chi connectivity index (χ4n) is 2.02. The number of nitro benzene ring substituents is 1. The van der Waals surface area contributed by atoms with Crippen LogP contribution in [0.3, 0.4) is 0 Å². The van der Waals surface area contributed by atoms with Gasteiger partial charge < -0.3 is 5.32 Å². The minimum Gasteiger partial charge on any atom is -0.322 e. The highest BCUT2D eigenvalue weighted by Gasteiger charge is 2.12. The number of amides is 1. The smallest absolute Gasteiger partial charge is 0.271 e. The van der Waals surface area contributed by atoms with Crippen molar-refractivity contribution in [1.29, 1.82) is 0 Å². The summed E-state index contributed by atoms with van der Waals surface area (Å²) in [5, 5.41) is 13.3. The van der Waals surface area contributed by atoms with Crippen molar-refractivity contribution in [3.63, 3.8) is 0 Å². The molecule has 0 aromatic heterocycles. The lowest BCUT2D eigenvalue weighted by molar-refractivity contribution is -0.384. The Balaban J connectivity index is 2.20. The quantitative estimate of drug-likeness (QED) is 0.635. The van der Waals surface area contributed by atoms with Crippen molar-refractivity contribution in [2.75, 3.05) is 16.3 Å². The van der Waals surface area contributed by atoms with Gasteiger partial charge in [-0.2, -0.15) is 0 Å². The zero-order valence-corrected chi connectivity index (χ0v) is 13.8. The number of carbonyl (C=O) groups is 1. The zero-order valence-electron chi connectivity index (χ0n) is 12.9. The summed E-state index contributed by atoms with van der Waals surface area (Å²) < 4.78 is 24.9. The number of anilines is 2. The van der Waals surface area contributed by atoms with Gasteiger partial charge in [0.1, 0.15) is 0 Å². The van der Waals surface area contributed by atoms with Crippen LogP contribution in [0.1, 0.15) is 15.9 Å². The molecule has 2 rings (SSSR count). The molecule has 0 saturated heterocycles. The Kier molecular flexibility index (Phi) is 4.84. The minimum absolute atomic E-state index is 0.128. The molecule has 0 radical (unpaired) electrons. The summed E-state index contributed by atoms with van der Waals surface area (Å²) in [5.41, 5.74) is 1.43. The monoisotopic (exact) mass is 349 g/mol. The van der Waals surface area contributed by atoms with Crippen molar-refractivity contribution in [3.05, 3.63) is 63.7 Å². The lowest BCUT2D eigenvalue weighted by Crippen LogP contribution is -2.14. The largest absolute Gasteiger partial charge is 0.322 e. The van der Waals surface area contributed by atoms with Crippen LogP contribution in [-0.2, 0) is 10.0 Å². The van der Waals surface area contributed by atoms with E-state index in [-0.39, 0.29) is 5.69 Å². The molecule has 0 atom stereocenters. The highest BCUT2D eigenvalue weighted by Crippen LogP contribution is 2.20. The van der Waals surface area contributed by atoms with Gasteiger partial charge in [-0.25, -0.2) is 8.42 Å². The van der Waals surface area contributed by atoms with Crippen molar-refractivity contribution in [3.8, 4) is 0 Å². The molecule has 0 heterocycles. The number of hydrogen-bond acceptors (Lipinski definition) is 5. The fourth-order valence-corrected chi connectivity index (χ4v) is 2.65. The van der Waals surface area contributed by atoms with Crippen LogP contribution < -0.4 is 10.0 Å². The van der Waals surface area contributed by atoms with E-state index in [9.17, 15) is 23.3 Å². The average molecular weight is 349 g/mol. The maximum absolute atomic E-state index is 12.2. The summed E-state index contributed by atoms with van der Waals surface area (Å²) in [4.78, 5) is 22.4. The molecule has 2 aromatic rings. The summed E-state index contributed by atoms with van der Waals surface area (Å²) in [6, 6.07) is 10.1. The molecule has 0 saturated carbocycles. The van der Waals surface area contributed by atoms with E-state index in [1.807, 2.05) is 0 Å². The van der Waals surface area contributed by atoms with Crippen LogP contribution in [-0.4, -0.2) is 25.5 Å². The molecule has 0 aliphatic carbocycles. The van der Waals surface area contributed by atoms with Crippen molar-refractivity contribution in [2.24, 2.45) is 0 Å². The SMILES string of the molecule is Cc1cc(C(=O)Nc2cccc([N+](=O)[O-])c2)ccc1NS(C)(=O)=O. The molecule has 0 unspecified atom stereocenters.